The van der Waals surface area contributed by atoms with Gasteiger partial charge in [0.2, 0.25) is 0 Å². The fraction of sp³-hybridized carbons (Fsp3) is 0.833. The third kappa shape index (κ3) is 5.42. The largest absolute Gasteiger partial charge is 1.00 e. The maximum Gasteiger partial charge on any atom is 1.00 e. The van der Waals surface area contributed by atoms with E-state index in [-0.39, 0.29) is 68.9 Å². The molecule has 4 atom stereocenters. The maximum atomic E-state index is 9.98. The summed E-state index contributed by atoms with van der Waals surface area (Å²) in [5.74, 6) is -1.98. The number of aliphatic carboxylic acids is 1. The van der Waals surface area contributed by atoms with Crippen LogP contribution in [0, 0.1) is 0 Å². The Balaban J connectivity index is 0. The van der Waals surface area contributed by atoms with Crippen molar-refractivity contribution >= 4 is 5.97 Å². The molecule has 0 aromatic rings. The maximum absolute atomic E-state index is 9.98. The summed E-state index contributed by atoms with van der Waals surface area (Å²) in [4.78, 5) is 9.98. The van der Waals surface area contributed by atoms with E-state index in [1.54, 1.807) is 0 Å². The van der Waals surface area contributed by atoms with Crippen LogP contribution < -0.4 is 74.0 Å². The number of hydrogen-bond donors (Lipinski definition) is 5. The average molecular weight is 328 g/mol. The van der Waals surface area contributed by atoms with Gasteiger partial charge in [0.25, 0.3) is 0 Å². The van der Waals surface area contributed by atoms with Gasteiger partial charge >= 0.3 is 68.9 Å². The van der Waals surface area contributed by atoms with Crippen LogP contribution >= 0.6 is 0 Å². The number of aliphatic hydroxyl groups excluding tert-OH is 5. The first-order valence-corrected chi connectivity index (χ1v) is 3.45. The Labute approximate surface area is 139 Å². The van der Waals surface area contributed by atoms with Gasteiger partial charge in [-0.2, -0.15) is 0 Å². The molecule has 0 radical (unpaired) electrons. The molecule has 0 amide bonds. The predicted molar refractivity (Wildman–Crippen MR) is 36.1 cm³/mol. The minimum atomic E-state index is -2.31. The van der Waals surface area contributed by atoms with Gasteiger partial charge in [-0.15, -0.1) is 0 Å². The molecule has 0 rings (SSSR count). The first-order chi connectivity index (χ1) is 5.91. The van der Waals surface area contributed by atoms with Crippen LogP contribution in [0.1, 0.15) is 0 Å². The SMILES string of the molecule is O=C([O-])[C@H](O)[C@@H](O)[C@H](O)[C@H](O)CO.[Cs+]. The molecule has 0 aliphatic carbocycles. The average Bonchev–Trinajstić information content (AvgIpc) is 2.12. The summed E-state index contributed by atoms with van der Waals surface area (Å²) >= 11 is 0. The van der Waals surface area contributed by atoms with Gasteiger partial charge in [0.15, 0.2) is 0 Å². The normalized spacial score (nSPS) is 18.9. The molecule has 0 saturated heterocycles. The van der Waals surface area contributed by atoms with Gasteiger partial charge in [-0.1, -0.05) is 0 Å². The van der Waals surface area contributed by atoms with Gasteiger partial charge in [-0.3, -0.25) is 0 Å². The number of carbonyl (C=O) groups is 1. The van der Waals surface area contributed by atoms with Crippen molar-refractivity contribution in [2.24, 2.45) is 0 Å². The Morgan fingerprint density at radius 2 is 1.57 bits per heavy atom. The van der Waals surface area contributed by atoms with Crippen molar-refractivity contribution in [2.75, 3.05) is 6.61 Å². The van der Waals surface area contributed by atoms with Gasteiger partial charge < -0.3 is 35.4 Å². The molecule has 0 aliphatic rings. The fourth-order valence-corrected chi connectivity index (χ4v) is 0.662. The van der Waals surface area contributed by atoms with E-state index in [0.29, 0.717) is 0 Å². The third-order valence-electron chi connectivity index (χ3n) is 1.50. The molecule has 0 aromatic carbocycles. The van der Waals surface area contributed by atoms with Crippen LogP contribution in [0.4, 0.5) is 0 Å². The molecule has 0 aliphatic heterocycles. The molecule has 8 heteroatoms. The van der Waals surface area contributed by atoms with Gasteiger partial charge in [0.1, 0.15) is 24.4 Å². The van der Waals surface area contributed by atoms with Crippen LogP contribution in [0.2, 0.25) is 0 Å². The summed E-state index contributed by atoms with van der Waals surface area (Å²) in [6.45, 7) is -0.863. The van der Waals surface area contributed by atoms with Gasteiger partial charge in [-0.25, -0.2) is 0 Å². The zero-order valence-electron chi connectivity index (χ0n) is 7.57. The molecule has 78 valence electrons. The molecule has 0 aromatic heterocycles. The smallest absolute Gasteiger partial charge is 0.547 e. The second kappa shape index (κ2) is 8.47. The molecular formula is C6H11CsO7. The van der Waals surface area contributed by atoms with E-state index in [2.05, 4.69) is 0 Å². The van der Waals surface area contributed by atoms with E-state index in [9.17, 15) is 9.90 Å². The first kappa shape index (κ1) is 17.7. The van der Waals surface area contributed by atoms with Crippen molar-refractivity contribution < 1.29 is 104 Å². The van der Waals surface area contributed by atoms with E-state index in [1.807, 2.05) is 0 Å². The Hall–Kier alpha value is 1.32. The molecule has 0 bridgehead atoms. The van der Waals surface area contributed by atoms with E-state index >= 15 is 0 Å². The second-order valence-electron chi connectivity index (χ2n) is 2.49. The summed E-state index contributed by atoms with van der Waals surface area (Å²) in [6, 6.07) is 0. The van der Waals surface area contributed by atoms with E-state index in [0.717, 1.165) is 0 Å². The van der Waals surface area contributed by atoms with Crippen molar-refractivity contribution in [3.05, 3.63) is 0 Å². The fourth-order valence-electron chi connectivity index (χ4n) is 0.662. The molecule has 0 spiro atoms. The van der Waals surface area contributed by atoms with Crippen LogP contribution in [0.5, 0.6) is 0 Å². The zero-order chi connectivity index (χ0) is 10.6. The number of aliphatic hydroxyl groups is 5. The number of hydrogen-bond acceptors (Lipinski definition) is 7. The summed E-state index contributed by atoms with van der Waals surface area (Å²) in [5.41, 5.74) is 0. The molecule has 5 N–H and O–H groups in total. The van der Waals surface area contributed by atoms with Crippen molar-refractivity contribution in [1.82, 2.24) is 0 Å². The quantitative estimate of drug-likeness (QED) is 0.337. The third-order valence-corrected chi connectivity index (χ3v) is 1.50. The second-order valence-corrected chi connectivity index (χ2v) is 2.49. The predicted octanol–water partition coefficient (Wildman–Crippen LogP) is -7.82. The van der Waals surface area contributed by atoms with E-state index in [1.165, 1.54) is 0 Å². The summed E-state index contributed by atoms with van der Waals surface area (Å²) < 4.78 is 0. The van der Waals surface area contributed by atoms with Gasteiger partial charge in [0, 0.05) is 0 Å². The first-order valence-electron chi connectivity index (χ1n) is 3.45. The Morgan fingerprint density at radius 3 is 1.86 bits per heavy atom. The molecule has 14 heavy (non-hydrogen) atoms. The van der Waals surface area contributed by atoms with Crippen molar-refractivity contribution in [1.29, 1.82) is 0 Å². The number of carbonyl (C=O) groups excluding carboxylic acids is 1. The van der Waals surface area contributed by atoms with Crippen molar-refractivity contribution in [2.45, 2.75) is 24.4 Å². The van der Waals surface area contributed by atoms with Crippen molar-refractivity contribution in [3.8, 4) is 0 Å². The minimum absolute atomic E-state index is 0. The molecule has 0 unspecified atom stereocenters. The Morgan fingerprint density at radius 1 is 1.14 bits per heavy atom. The number of carboxylic acid groups (broad SMARTS) is 1. The molecule has 0 fully saturated rings. The van der Waals surface area contributed by atoms with Gasteiger partial charge in [-0.05, 0) is 0 Å². The van der Waals surface area contributed by atoms with Gasteiger partial charge in [0.05, 0.1) is 12.6 Å². The molecule has 7 nitrogen and oxygen atoms in total. The monoisotopic (exact) mass is 328 g/mol. The van der Waals surface area contributed by atoms with Crippen LogP contribution in [0.15, 0.2) is 0 Å². The van der Waals surface area contributed by atoms with Crippen LogP contribution in [-0.4, -0.2) is 62.5 Å². The summed E-state index contributed by atoms with van der Waals surface area (Å²) in [5, 5.41) is 53.4. The summed E-state index contributed by atoms with van der Waals surface area (Å²) in [6.07, 6.45) is -8.08. The molecule has 0 heterocycles. The topological polar surface area (TPSA) is 141 Å². The summed E-state index contributed by atoms with van der Waals surface area (Å²) in [7, 11) is 0. The van der Waals surface area contributed by atoms with Crippen LogP contribution in [-0.2, 0) is 4.79 Å². The molecule has 0 saturated carbocycles. The molecular weight excluding hydrogens is 317 g/mol. The zero-order valence-corrected chi connectivity index (χ0v) is 13.8. The Kier molecular flexibility index (Phi) is 10.7. The van der Waals surface area contributed by atoms with Crippen LogP contribution in [0.3, 0.4) is 0 Å². The van der Waals surface area contributed by atoms with E-state index < -0.39 is 37.0 Å². The van der Waals surface area contributed by atoms with E-state index in [4.69, 9.17) is 25.5 Å². The Bertz CT molecular complexity index is 176. The van der Waals surface area contributed by atoms with Crippen molar-refractivity contribution in [3.63, 3.8) is 0 Å². The van der Waals surface area contributed by atoms with Crippen LogP contribution in [0.25, 0.3) is 0 Å². The standard InChI is InChI=1S/C6H12O7.Cs/c7-1-2(8)3(9)4(10)5(11)6(12)13;/h2-5,7-11H,1H2,(H,12,13);/q;+1/p-1/t2-,3-,4+,5-;/m1./s1. The minimum Gasteiger partial charge on any atom is -0.547 e. The number of rotatable bonds is 5. The number of carboxylic acids is 1.